The summed E-state index contributed by atoms with van der Waals surface area (Å²) < 4.78 is 5.02. The summed E-state index contributed by atoms with van der Waals surface area (Å²) in [5.41, 5.74) is 1.93. The maximum absolute atomic E-state index is 12.3. The van der Waals surface area contributed by atoms with E-state index >= 15 is 0 Å². The van der Waals surface area contributed by atoms with Crippen molar-refractivity contribution in [1.29, 1.82) is 0 Å². The van der Waals surface area contributed by atoms with E-state index in [4.69, 9.17) is 17.0 Å². The van der Waals surface area contributed by atoms with Gasteiger partial charge in [-0.15, -0.1) is 11.3 Å². The molecule has 1 aliphatic carbocycles. The highest BCUT2D eigenvalue weighted by molar-refractivity contribution is 7.80. The Labute approximate surface area is 154 Å². The van der Waals surface area contributed by atoms with E-state index in [0.29, 0.717) is 10.7 Å². The SMILES string of the molecule is COC(=O)c1c(NC(=S)NC(C)C(C)(C)C)sc2c1CCCCC2. The molecule has 1 aliphatic rings. The Kier molecular flexibility index (Phi) is 6.26. The molecule has 1 aromatic rings. The van der Waals surface area contributed by atoms with Gasteiger partial charge in [-0.3, -0.25) is 0 Å². The van der Waals surface area contributed by atoms with Gasteiger partial charge >= 0.3 is 5.97 Å². The number of rotatable bonds is 3. The number of carbonyl (C=O) groups excluding carboxylic acids is 1. The summed E-state index contributed by atoms with van der Waals surface area (Å²) in [6, 6.07) is 0.219. The molecule has 0 spiro atoms. The average Bonchev–Trinajstić information content (AvgIpc) is 2.67. The summed E-state index contributed by atoms with van der Waals surface area (Å²) in [5, 5.41) is 7.93. The molecule has 6 heteroatoms. The highest BCUT2D eigenvalue weighted by Gasteiger charge is 2.26. The van der Waals surface area contributed by atoms with Crippen LogP contribution in [0, 0.1) is 5.41 Å². The van der Waals surface area contributed by atoms with Crippen LogP contribution in [0.4, 0.5) is 5.00 Å². The van der Waals surface area contributed by atoms with E-state index in [-0.39, 0.29) is 17.4 Å². The number of carbonyl (C=O) groups is 1. The fourth-order valence-corrected chi connectivity index (χ4v) is 4.33. The van der Waals surface area contributed by atoms with Gasteiger partial charge < -0.3 is 15.4 Å². The van der Waals surface area contributed by atoms with Gasteiger partial charge in [-0.25, -0.2) is 4.79 Å². The molecule has 0 saturated heterocycles. The lowest BCUT2D eigenvalue weighted by molar-refractivity contribution is 0.0601. The minimum absolute atomic E-state index is 0.101. The summed E-state index contributed by atoms with van der Waals surface area (Å²) in [5.74, 6) is -0.274. The molecule has 2 N–H and O–H groups in total. The third-order valence-electron chi connectivity index (χ3n) is 4.68. The van der Waals surface area contributed by atoms with Crippen LogP contribution in [0.5, 0.6) is 0 Å². The van der Waals surface area contributed by atoms with E-state index in [1.54, 1.807) is 11.3 Å². The molecule has 1 unspecified atom stereocenters. The molecule has 0 amide bonds. The van der Waals surface area contributed by atoms with Crippen LogP contribution < -0.4 is 10.6 Å². The quantitative estimate of drug-likeness (QED) is 0.466. The van der Waals surface area contributed by atoms with Gasteiger partial charge in [-0.1, -0.05) is 27.2 Å². The summed E-state index contributed by atoms with van der Waals surface area (Å²) in [4.78, 5) is 13.6. The van der Waals surface area contributed by atoms with Crippen molar-refractivity contribution in [2.45, 2.75) is 65.8 Å². The lowest BCUT2D eigenvalue weighted by Gasteiger charge is -2.29. The van der Waals surface area contributed by atoms with E-state index in [2.05, 4.69) is 38.3 Å². The average molecular weight is 369 g/mol. The number of anilines is 1. The van der Waals surface area contributed by atoms with Crippen LogP contribution >= 0.6 is 23.6 Å². The molecule has 134 valence electrons. The Morgan fingerprint density at radius 2 is 1.92 bits per heavy atom. The summed E-state index contributed by atoms with van der Waals surface area (Å²) in [7, 11) is 1.44. The van der Waals surface area contributed by atoms with E-state index in [9.17, 15) is 4.79 Å². The predicted molar refractivity (Wildman–Crippen MR) is 105 cm³/mol. The molecule has 0 aliphatic heterocycles. The molecule has 1 aromatic heterocycles. The van der Waals surface area contributed by atoms with Crippen LogP contribution in [-0.4, -0.2) is 24.2 Å². The second kappa shape index (κ2) is 7.83. The molecule has 0 saturated carbocycles. The van der Waals surface area contributed by atoms with Crippen molar-refractivity contribution < 1.29 is 9.53 Å². The van der Waals surface area contributed by atoms with Gasteiger partial charge in [0.1, 0.15) is 5.00 Å². The Morgan fingerprint density at radius 3 is 2.54 bits per heavy atom. The predicted octanol–water partition coefficient (Wildman–Crippen LogP) is 4.52. The van der Waals surface area contributed by atoms with Gasteiger partial charge in [0, 0.05) is 10.9 Å². The van der Waals surface area contributed by atoms with E-state index in [1.807, 2.05) is 0 Å². The maximum atomic E-state index is 12.3. The van der Waals surface area contributed by atoms with Crippen molar-refractivity contribution in [1.82, 2.24) is 5.32 Å². The first-order chi connectivity index (χ1) is 11.2. The van der Waals surface area contributed by atoms with E-state index in [0.717, 1.165) is 29.8 Å². The highest BCUT2D eigenvalue weighted by atomic mass is 32.1. The van der Waals surface area contributed by atoms with Gasteiger partial charge in [0.15, 0.2) is 5.11 Å². The fourth-order valence-electron chi connectivity index (χ4n) is 2.70. The number of hydrogen-bond donors (Lipinski definition) is 2. The number of ether oxygens (including phenoxy) is 1. The minimum atomic E-state index is -0.274. The number of methoxy groups -OCH3 is 1. The van der Waals surface area contributed by atoms with Crippen LogP contribution in [0.25, 0.3) is 0 Å². The molecule has 4 nitrogen and oxygen atoms in total. The molecule has 0 aromatic carbocycles. The monoisotopic (exact) mass is 368 g/mol. The molecule has 0 radical (unpaired) electrons. The summed E-state index contributed by atoms with van der Waals surface area (Å²) >= 11 is 7.11. The molecule has 1 atom stereocenters. The Balaban J connectivity index is 2.23. The van der Waals surface area contributed by atoms with Gasteiger partial charge in [0.05, 0.1) is 12.7 Å². The standard InChI is InChI=1S/C18H28N2O2S2/c1-11(18(2,3)4)19-17(23)20-15-14(16(21)22-5)12-9-7-6-8-10-13(12)24-15/h11H,6-10H2,1-5H3,(H2,19,20,23). The van der Waals surface area contributed by atoms with E-state index in [1.165, 1.54) is 24.8 Å². The fraction of sp³-hybridized carbons (Fsp3) is 0.667. The van der Waals surface area contributed by atoms with Crippen LogP contribution in [-0.2, 0) is 17.6 Å². The third-order valence-corrected chi connectivity index (χ3v) is 6.11. The number of fused-ring (bicyclic) bond motifs is 1. The summed E-state index contributed by atoms with van der Waals surface area (Å²) in [6.07, 6.45) is 5.49. The lowest BCUT2D eigenvalue weighted by atomic mass is 9.88. The number of thiocarbonyl (C=S) groups is 1. The second-order valence-corrected chi connectivity index (χ2v) is 8.96. The zero-order valence-electron chi connectivity index (χ0n) is 15.2. The largest absolute Gasteiger partial charge is 0.465 e. The first-order valence-electron chi connectivity index (χ1n) is 8.54. The lowest BCUT2D eigenvalue weighted by Crippen LogP contribution is -2.43. The second-order valence-electron chi connectivity index (χ2n) is 7.45. The van der Waals surface area contributed by atoms with Crippen molar-refractivity contribution in [2.24, 2.45) is 5.41 Å². The zero-order chi connectivity index (χ0) is 17.9. The topological polar surface area (TPSA) is 50.4 Å². The van der Waals surface area contributed by atoms with Crippen LogP contribution in [0.15, 0.2) is 0 Å². The first-order valence-corrected chi connectivity index (χ1v) is 9.77. The van der Waals surface area contributed by atoms with Gasteiger partial charge in [-0.2, -0.15) is 0 Å². The zero-order valence-corrected chi connectivity index (χ0v) is 16.9. The molecule has 2 rings (SSSR count). The van der Waals surface area contributed by atoms with Gasteiger partial charge in [0.2, 0.25) is 0 Å². The summed E-state index contributed by atoms with van der Waals surface area (Å²) in [6.45, 7) is 8.61. The van der Waals surface area contributed by atoms with Crippen molar-refractivity contribution in [2.75, 3.05) is 12.4 Å². The molecule has 0 fully saturated rings. The van der Waals surface area contributed by atoms with Gasteiger partial charge in [-0.05, 0) is 55.8 Å². The molecule has 0 bridgehead atoms. The molecular formula is C18H28N2O2S2. The first kappa shape index (κ1) is 19.2. The van der Waals surface area contributed by atoms with Crippen LogP contribution in [0.2, 0.25) is 0 Å². The Morgan fingerprint density at radius 1 is 1.25 bits per heavy atom. The van der Waals surface area contributed by atoms with Crippen molar-refractivity contribution >= 4 is 39.6 Å². The number of thiophene rings is 1. The van der Waals surface area contributed by atoms with Crippen LogP contribution in [0.1, 0.15) is 67.8 Å². The van der Waals surface area contributed by atoms with E-state index < -0.39 is 0 Å². The Bertz CT molecular complexity index is 617. The highest BCUT2D eigenvalue weighted by Crippen LogP contribution is 2.38. The minimum Gasteiger partial charge on any atom is -0.465 e. The van der Waals surface area contributed by atoms with Crippen LogP contribution in [0.3, 0.4) is 0 Å². The van der Waals surface area contributed by atoms with Crippen molar-refractivity contribution in [3.05, 3.63) is 16.0 Å². The normalized spacial score (nSPS) is 15.9. The Hall–Kier alpha value is -1.14. The van der Waals surface area contributed by atoms with Crippen molar-refractivity contribution in [3.63, 3.8) is 0 Å². The number of hydrogen-bond acceptors (Lipinski definition) is 4. The molecular weight excluding hydrogens is 340 g/mol. The van der Waals surface area contributed by atoms with Gasteiger partial charge in [0.25, 0.3) is 0 Å². The maximum Gasteiger partial charge on any atom is 0.341 e. The third kappa shape index (κ3) is 4.48. The molecule has 24 heavy (non-hydrogen) atoms. The number of esters is 1. The smallest absolute Gasteiger partial charge is 0.341 e. The molecule has 1 heterocycles. The number of aryl methyl sites for hydroxylation is 1. The van der Waals surface area contributed by atoms with Crippen molar-refractivity contribution in [3.8, 4) is 0 Å². The number of nitrogens with one attached hydrogen (secondary N) is 2.